The zero-order valence-corrected chi connectivity index (χ0v) is 9.76. The Bertz CT molecular complexity index is 634. The third-order valence-electron chi connectivity index (χ3n) is 2.47. The molecule has 0 aliphatic rings. The smallest absolute Gasteiger partial charge is 0.261 e. The van der Waals surface area contributed by atoms with Gasteiger partial charge in [0.15, 0.2) is 0 Å². The van der Waals surface area contributed by atoms with Crippen molar-refractivity contribution in [1.29, 1.82) is 0 Å². The number of benzene rings is 1. The number of hydrogen-bond donors (Lipinski definition) is 0. The average Bonchev–Trinajstić information content (AvgIpc) is 2.76. The van der Waals surface area contributed by atoms with Crippen LogP contribution in [0.2, 0.25) is 0 Å². The summed E-state index contributed by atoms with van der Waals surface area (Å²) in [4.78, 5) is 9.44. The van der Waals surface area contributed by atoms with E-state index in [0.717, 1.165) is 16.8 Å². The summed E-state index contributed by atoms with van der Waals surface area (Å²) in [5, 5.41) is 13.8. The van der Waals surface area contributed by atoms with E-state index in [2.05, 4.69) is 5.10 Å². The van der Waals surface area contributed by atoms with Gasteiger partial charge in [-0.3, -0.25) is 14.8 Å². The molecule has 106 valence electrons. The largest absolute Gasteiger partial charge is 0.442 e. The molecule has 0 saturated carbocycles. The minimum absolute atomic E-state index is 0.128. The Morgan fingerprint density at radius 3 is 2.30 bits per heavy atom. The van der Waals surface area contributed by atoms with Gasteiger partial charge in [-0.25, -0.2) is 4.39 Å². The van der Waals surface area contributed by atoms with E-state index in [1.54, 1.807) is 0 Å². The van der Waals surface area contributed by atoms with Gasteiger partial charge < -0.3 is 0 Å². The van der Waals surface area contributed by atoms with Gasteiger partial charge in [0.1, 0.15) is 12.0 Å². The van der Waals surface area contributed by atoms with Crippen molar-refractivity contribution in [2.24, 2.45) is 0 Å². The first-order valence-corrected chi connectivity index (χ1v) is 5.31. The van der Waals surface area contributed by atoms with Crippen molar-refractivity contribution >= 4 is 5.69 Å². The van der Waals surface area contributed by atoms with Crippen LogP contribution in [-0.2, 0) is 12.7 Å². The predicted molar refractivity (Wildman–Crippen MR) is 59.4 cm³/mol. The molecule has 0 bridgehead atoms. The van der Waals surface area contributed by atoms with E-state index in [0.29, 0.717) is 11.8 Å². The summed E-state index contributed by atoms with van der Waals surface area (Å²) in [7, 11) is 0. The SMILES string of the molecule is O=[N+]([O-])c1cn(Cc2ccc(F)cc2)nc1C(F)(F)F. The van der Waals surface area contributed by atoms with Crippen molar-refractivity contribution in [1.82, 2.24) is 9.78 Å². The first kappa shape index (κ1) is 14.0. The van der Waals surface area contributed by atoms with Gasteiger partial charge in [-0.1, -0.05) is 12.1 Å². The van der Waals surface area contributed by atoms with Gasteiger partial charge >= 0.3 is 11.9 Å². The van der Waals surface area contributed by atoms with Crippen molar-refractivity contribution in [2.75, 3.05) is 0 Å². The third-order valence-corrected chi connectivity index (χ3v) is 2.47. The lowest BCUT2D eigenvalue weighted by Gasteiger charge is -2.02. The fourth-order valence-corrected chi connectivity index (χ4v) is 1.60. The molecule has 2 aromatic rings. The summed E-state index contributed by atoms with van der Waals surface area (Å²) in [6.45, 7) is -0.128. The normalized spacial score (nSPS) is 11.6. The molecule has 0 spiro atoms. The van der Waals surface area contributed by atoms with E-state index in [9.17, 15) is 27.7 Å². The van der Waals surface area contributed by atoms with Crippen molar-refractivity contribution in [3.05, 3.63) is 57.7 Å². The van der Waals surface area contributed by atoms with Crippen LogP contribution in [0.15, 0.2) is 30.5 Å². The van der Waals surface area contributed by atoms with Crippen LogP contribution in [-0.4, -0.2) is 14.7 Å². The number of alkyl halides is 3. The van der Waals surface area contributed by atoms with Crippen LogP contribution in [0.4, 0.5) is 23.2 Å². The number of hydrogen-bond acceptors (Lipinski definition) is 3. The summed E-state index contributed by atoms with van der Waals surface area (Å²) in [5.74, 6) is -0.490. The predicted octanol–water partition coefficient (Wildman–Crippen LogP) is 3.00. The van der Waals surface area contributed by atoms with Gasteiger partial charge in [-0.2, -0.15) is 18.3 Å². The van der Waals surface area contributed by atoms with Crippen LogP contribution in [0.3, 0.4) is 0 Å². The van der Waals surface area contributed by atoms with E-state index in [1.165, 1.54) is 12.1 Å². The Labute approximate surface area is 109 Å². The molecule has 0 atom stereocenters. The molecule has 1 heterocycles. The highest BCUT2D eigenvalue weighted by molar-refractivity contribution is 5.35. The van der Waals surface area contributed by atoms with Crippen molar-refractivity contribution < 1.29 is 22.5 Å². The molecule has 1 aromatic heterocycles. The van der Waals surface area contributed by atoms with E-state index in [1.807, 2.05) is 0 Å². The summed E-state index contributed by atoms with van der Waals surface area (Å²) in [6, 6.07) is 4.99. The Kier molecular flexibility index (Phi) is 3.43. The monoisotopic (exact) mass is 289 g/mol. The highest BCUT2D eigenvalue weighted by Crippen LogP contribution is 2.34. The number of aromatic nitrogens is 2. The minimum Gasteiger partial charge on any atom is -0.261 e. The number of nitro groups is 1. The second-order valence-electron chi connectivity index (χ2n) is 3.94. The topological polar surface area (TPSA) is 61.0 Å². The third kappa shape index (κ3) is 2.92. The zero-order valence-electron chi connectivity index (χ0n) is 9.76. The molecule has 5 nitrogen and oxygen atoms in total. The quantitative estimate of drug-likeness (QED) is 0.496. The Hall–Kier alpha value is -2.45. The maximum atomic E-state index is 12.7. The number of halogens is 4. The summed E-state index contributed by atoms with van der Waals surface area (Å²) < 4.78 is 51.2. The van der Waals surface area contributed by atoms with Crippen molar-refractivity contribution in [3.8, 4) is 0 Å². The molecule has 0 aliphatic heterocycles. The van der Waals surface area contributed by atoms with Gasteiger partial charge in [0.2, 0.25) is 5.69 Å². The van der Waals surface area contributed by atoms with Crippen LogP contribution in [0, 0.1) is 15.9 Å². The molecule has 20 heavy (non-hydrogen) atoms. The molecule has 1 aromatic carbocycles. The lowest BCUT2D eigenvalue weighted by atomic mass is 10.2. The molecule has 2 rings (SSSR count). The second-order valence-corrected chi connectivity index (χ2v) is 3.94. The molecular weight excluding hydrogens is 282 g/mol. The summed E-state index contributed by atoms with van der Waals surface area (Å²) in [6.07, 6.45) is -4.21. The van der Waals surface area contributed by atoms with Gasteiger partial charge in [0.05, 0.1) is 11.5 Å². The lowest BCUT2D eigenvalue weighted by molar-refractivity contribution is -0.388. The van der Waals surface area contributed by atoms with Crippen LogP contribution in [0.5, 0.6) is 0 Å². The fourth-order valence-electron chi connectivity index (χ4n) is 1.60. The summed E-state index contributed by atoms with van der Waals surface area (Å²) >= 11 is 0. The highest BCUT2D eigenvalue weighted by atomic mass is 19.4. The summed E-state index contributed by atoms with van der Waals surface area (Å²) in [5.41, 5.74) is -2.19. The molecule has 0 fully saturated rings. The van der Waals surface area contributed by atoms with E-state index < -0.39 is 28.3 Å². The highest BCUT2D eigenvalue weighted by Gasteiger charge is 2.42. The fraction of sp³-hybridized carbons (Fsp3) is 0.182. The maximum absolute atomic E-state index is 12.7. The van der Waals surface area contributed by atoms with E-state index >= 15 is 0 Å². The van der Waals surface area contributed by atoms with Gasteiger partial charge in [0, 0.05) is 0 Å². The Morgan fingerprint density at radius 1 is 1.25 bits per heavy atom. The van der Waals surface area contributed by atoms with E-state index in [-0.39, 0.29) is 6.54 Å². The molecule has 0 radical (unpaired) electrons. The van der Waals surface area contributed by atoms with Gasteiger partial charge in [0.25, 0.3) is 0 Å². The van der Waals surface area contributed by atoms with Gasteiger partial charge in [-0.15, -0.1) is 0 Å². The zero-order chi connectivity index (χ0) is 14.9. The number of nitrogens with zero attached hydrogens (tertiary/aromatic N) is 3. The van der Waals surface area contributed by atoms with Crippen LogP contribution < -0.4 is 0 Å². The average molecular weight is 289 g/mol. The molecule has 0 saturated heterocycles. The molecule has 9 heteroatoms. The van der Waals surface area contributed by atoms with Gasteiger partial charge in [-0.05, 0) is 17.7 Å². The number of rotatable bonds is 3. The first-order chi connectivity index (χ1) is 9.27. The standard InChI is InChI=1S/C11H7F4N3O2/c12-8-3-1-7(2-4-8)5-17-6-9(18(19)20)10(16-17)11(13,14)15/h1-4,6H,5H2. The minimum atomic E-state index is -4.91. The molecule has 0 unspecified atom stereocenters. The molecule has 0 amide bonds. The maximum Gasteiger partial charge on any atom is 0.442 e. The first-order valence-electron chi connectivity index (χ1n) is 5.31. The molecular formula is C11H7F4N3O2. The van der Waals surface area contributed by atoms with Crippen LogP contribution in [0.25, 0.3) is 0 Å². The van der Waals surface area contributed by atoms with Crippen LogP contribution in [0.1, 0.15) is 11.3 Å². The molecule has 0 aliphatic carbocycles. The van der Waals surface area contributed by atoms with E-state index in [4.69, 9.17) is 0 Å². The molecule has 0 N–H and O–H groups in total. The van der Waals surface area contributed by atoms with Crippen molar-refractivity contribution in [3.63, 3.8) is 0 Å². The Balaban J connectivity index is 2.34. The lowest BCUT2D eigenvalue weighted by Crippen LogP contribution is -2.10. The van der Waals surface area contributed by atoms with Crippen LogP contribution >= 0.6 is 0 Å². The van der Waals surface area contributed by atoms with Crippen molar-refractivity contribution in [2.45, 2.75) is 12.7 Å². The second kappa shape index (κ2) is 4.91. The Morgan fingerprint density at radius 2 is 1.85 bits per heavy atom.